The van der Waals surface area contributed by atoms with Crippen LogP contribution in [0.4, 0.5) is 0 Å². The SMILES string of the molecule is CCOCCCN1C(=O)c2oc3cc(C)c(Cl)cc3c(=O)c2C1c1ccncc1. The van der Waals surface area contributed by atoms with E-state index in [0.29, 0.717) is 47.7 Å². The maximum absolute atomic E-state index is 13.4. The zero-order chi connectivity index (χ0) is 20.5. The molecule has 7 heteroatoms. The van der Waals surface area contributed by atoms with Gasteiger partial charge in [0.25, 0.3) is 5.91 Å². The van der Waals surface area contributed by atoms with E-state index in [2.05, 4.69) is 4.98 Å². The molecule has 0 saturated heterocycles. The lowest BCUT2D eigenvalue weighted by molar-refractivity contribution is 0.0696. The molecule has 4 rings (SSSR count). The van der Waals surface area contributed by atoms with Crippen LogP contribution in [-0.4, -0.2) is 35.5 Å². The highest BCUT2D eigenvalue weighted by molar-refractivity contribution is 6.32. The fourth-order valence-electron chi connectivity index (χ4n) is 3.75. The van der Waals surface area contributed by atoms with Crippen molar-refractivity contribution >= 4 is 28.5 Å². The van der Waals surface area contributed by atoms with Crippen LogP contribution in [0.5, 0.6) is 0 Å². The largest absolute Gasteiger partial charge is 0.450 e. The van der Waals surface area contributed by atoms with Gasteiger partial charge >= 0.3 is 0 Å². The predicted octanol–water partition coefficient (Wildman–Crippen LogP) is 4.12. The zero-order valence-electron chi connectivity index (χ0n) is 16.3. The summed E-state index contributed by atoms with van der Waals surface area (Å²) < 4.78 is 11.4. The Bertz CT molecular complexity index is 1130. The number of ether oxygens (including phenoxy) is 1. The lowest BCUT2D eigenvalue weighted by Crippen LogP contribution is -2.31. The predicted molar refractivity (Wildman–Crippen MR) is 110 cm³/mol. The minimum absolute atomic E-state index is 0.0995. The number of hydrogen-bond acceptors (Lipinski definition) is 5. The summed E-state index contributed by atoms with van der Waals surface area (Å²) >= 11 is 6.24. The van der Waals surface area contributed by atoms with Crippen molar-refractivity contribution in [2.75, 3.05) is 19.8 Å². The Morgan fingerprint density at radius 3 is 2.72 bits per heavy atom. The van der Waals surface area contributed by atoms with E-state index in [-0.39, 0.29) is 17.1 Å². The summed E-state index contributed by atoms with van der Waals surface area (Å²) in [5, 5.41) is 0.866. The average Bonchev–Trinajstić information content (AvgIpc) is 3.00. The zero-order valence-corrected chi connectivity index (χ0v) is 17.0. The van der Waals surface area contributed by atoms with Gasteiger partial charge in [0.05, 0.1) is 17.0 Å². The second-order valence-electron chi connectivity index (χ2n) is 7.00. The quantitative estimate of drug-likeness (QED) is 0.569. The third-order valence-corrected chi connectivity index (χ3v) is 5.57. The lowest BCUT2D eigenvalue weighted by atomic mass is 9.99. The van der Waals surface area contributed by atoms with Gasteiger partial charge in [0.15, 0.2) is 5.43 Å². The number of benzene rings is 1. The number of aryl methyl sites for hydroxylation is 1. The summed E-state index contributed by atoms with van der Waals surface area (Å²) in [6.07, 6.45) is 3.96. The van der Waals surface area contributed by atoms with E-state index in [1.165, 1.54) is 0 Å². The number of halogens is 1. The van der Waals surface area contributed by atoms with Crippen molar-refractivity contribution in [3.63, 3.8) is 0 Å². The molecule has 29 heavy (non-hydrogen) atoms. The van der Waals surface area contributed by atoms with Crippen LogP contribution in [0.1, 0.15) is 46.6 Å². The molecule has 1 aromatic carbocycles. The van der Waals surface area contributed by atoms with Crippen molar-refractivity contribution < 1.29 is 13.9 Å². The molecule has 0 spiro atoms. The molecular formula is C22H21ClN2O4. The van der Waals surface area contributed by atoms with Crippen molar-refractivity contribution in [2.24, 2.45) is 0 Å². The van der Waals surface area contributed by atoms with E-state index in [4.69, 9.17) is 20.8 Å². The third kappa shape index (κ3) is 3.43. The van der Waals surface area contributed by atoms with E-state index >= 15 is 0 Å². The minimum atomic E-state index is -0.525. The molecule has 0 saturated carbocycles. The van der Waals surface area contributed by atoms with Crippen molar-refractivity contribution in [1.29, 1.82) is 0 Å². The Labute approximate surface area is 173 Å². The summed E-state index contributed by atoms with van der Waals surface area (Å²) in [4.78, 5) is 32.3. The Kier molecular flexibility index (Phi) is 5.39. The fraction of sp³-hybridized carbons (Fsp3) is 0.318. The monoisotopic (exact) mass is 412 g/mol. The van der Waals surface area contributed by atoms with Crippen LogP contribution in [0.15, 0.2) is 45.9 Å². The number of aromatic nitrogens is 1. The molecule has 0 fully saturated rings. The van der Waals surface area contributed by atoms with Gasteiger partial charge in [-0.15, -0.1) is 0 Å². The Balaban J connectivity index is 1.87. The van der Waals surface area contributed by atoms with Crippen molar-refractivity contribution in [3.8, 4) is 0 Å². The van der Waals surface area contributed by atoms with Crippen LogP contribution in [0.2, 0.25) is 5.02 Å². The number of nitrogens with zero attached hydrogens (tertiary/aromatic N) is 2. The minimum Gasteiger partial charge on any atom is -0.450 e. The van der Waals surface area contributed by atoms with Gasteiger partial charge in [-0.25, -0.2) is 0 Å². The van der Waals surface area contributed by atoms with Crippen LogP contribution in [0.25, 0.3) is 11.0 Å². The number of fused-ring (bicyclic) bond motifs is 2. The molecule has 1 aliphatic rings. The number of hydrogen-bond donors (Lipinski definition) is 0. The first kappa shape index (κ1) is 19.6. The molecule has 2 aromatic heterocycles. The van der Waals surface area contributed by atoms with Crippen LogP contribution >= 0.6 is 11.6 Å². The number of rotatable bonds is 6. The summed E-state index contributed by atoms with van der Waals surface area (Å²) in [6, 6.07) is 6.42. The highest BCUT2D eigenvalue weighted by atomic mass is 35.5. The summed E-state index contributed by atoms with van der Waals surface area (Å²) in [6.45, 7) is 5.37. The number of amides is 1. The molecule has 1 amide bonds. The second kappa shape index (κ2) is 7.97. The molecule has 1 atom stereocenters. The molecular weight excluding hydrogens is 392 g/mol. The molecule has 3 aromatic rings. The molecule has 1 aliphatic heterocycles. The van der Waals surface area contributed by atoms with Gasteiger partial charge < -0.3 is 14.1 Å². The number of carbonyl (C=O) groups is 1. The van der Waals surface area contributed by atoms with Gasteiger partial charge in [0, 0.05) is 37.2 Å². The Morgan fingerprint density at radius 1 is 1.24 bits per heavy atom. The smallest absolute Gasteiger partial charge is 0.290 e. The van der Waals surface area contributed by atoms with Gasteiger partial charge in [-0.3, -0.25) is 14.6 Å². The van der Waals surface area contributed by atoms with E-state index in [1.54, 1.807) is 29.4 Å². The molecule has 1 unspecified atom stereocenters. The second-order valence-corrected chi connectivity index (χ2v) is 7.41. The Hall–Kier alpha value is -2.70. The van der Waals surface area contributed by atoms with Crippen LogP contribution in [0.3, 0.4) is 0 Å². The highest BCUT2D eigenvalue weighted by Gasteiger charge is 2.42. The van der Waals surface area contributed by atoms with E-state index in [1.807, 2.05) is 26.0 Å². The molecule has 150 valence electrons. The summed E-state index contributed by atoms with van der Waals surface area (Å²) in [5.41, 5.74) is 2.09. The summed E-state index contributed by atoms with van der Waals surface area (Å²) in [5.74, 6) is -0.188. The molecule has 6 nitrogen and oxygen atoms in total. The van der Waals surface area contributed by atoms with Crippen LogP contribution in [-0.2, 0) is 4.74 Å². The number of pyridine rings is 1. The van der Waals surface area contributed by atoms with Gasteiger partial charge in [-0.05, 0) is 55.7 Å². The lowest BCUT2D eigenvalue weighted by Gasteiger charge is -2.25. The molecule has 0 N–H and O–H groups in total. The maximum Gasteiger partial charge on any atom is 0.290 e. The standard InChI is InChI=1S/C22H21ClN2O4/c1-3-28-10-4-9-25-19(14-5-7-24-8-6-14)18-20(26)15-12-16(23)13(2)11-17(15)29-21(18)22(25)27/h5-8,11-12,19H,3-4,9-10H2,1-2H3. The molecule has 0 bridgehead atoms. The van der Waals surface area contributed by atoms with Gasteiger partial charge in [0.1, 0.15) is 5.58 Å². The highest BCUT2D eigenvalue weighted by Crippen LogP contribution is 2.38. The molecule has 0 radical (unpaired) electrons. The first-order valence-corrected chi connectivity index (χ1v) is 9.96. The van der Waals surface area contributed by atoms with Gasteiger partial charge in [-0.1, -0.05) is 11.6 Å². The van der Waals surface area contributed by atoms with Crippen LogP contribution < -0.4 is 5.43 Å². The average molecular weight is 413 g/mol. The van der Waals surface area contributed by atoms with Crippen molar-refractivity contribution in [1.82, 2.24) is 9.88 Å². The number of carbonyl (C=O) groups excluding carboxylic acids is 1. The molecule has 3 heterocycles. The van der Waals surface area contributed by atoms with Gasteiger partial charge in [0.2, 0.25) is 5.76 Å². The Morgan fingerprint density at radius 2 is 2.00 bits per heavy atom. The topological polar surface area (TPSA) is 72.6 Å². The van der Waals surface area contributed by atoms with E-state index < -0.39 is 6.04 Å². The van der Waals surface area contributed by atoms with E-state index in [9.17, 15) is 9.59 Å². The van der Waals surface area contributed by atoms with Crippen LogP contribution in [0, 0.1) is 6.92 Å². The first-order valence-electron chi connectivity index (χ1n) is 9.58. The fourth-order valence-corrected chi connectivity index (χ4v) is 3.91. The van der Waals surface area contributed by atoms with Gasteiger partial charge in [-0.2, -0.15) is 0 Å². The van der Waals surface area contributed by atoms with E-state index in [0.717, 1.165) is 11.1 Å². The van der Waals surface area contributed by atoms with Crippen molar-refractivity contribution in [2.45, 2.75) is 26.3 Å². The first-order chi connectivity index (χ1) is 14.0. The normalized spacial score (nSPS) is 15.9. The molecule has 0 aliphatic carbocycles. The maximum atomic E-state index is 13.4. The van der Waals surface area contributed by atoms with Crippen molar-refractivity contribution in [3.05, 3.63) is 74.4 Å². The third-order valence-electron chi connectivity index (χ3n) is 5.16. The summed E-state index contributed by atoms with van der Waals surface area (Å²) in [7, 11) is 0.